The maximum absolute atomic E-state index is 12.9. The molecule has 1 aliphatic rings. The predicted molar refractivity (Wildman–Crippen MR) is 144 cm³/mol. The molecule has 0 unspecified atom stereocenters. The van der Waals surface area contributed by atoms with Crippen molar-refractivity contribution in [3.05, 3.63) is 93.3 Å². The average Bonchev–Trinajstić information content (AvgIpc) is 3.31. The van der Waals surface area contributed by atoms with Gasteiger partial charge in [0.15, 0.2) is 0 Å². The van der Waals surface area contributed by atoms with Gasteiger partial charge in [-0.2, -0.15) is 9.41 Å². The molecule has 3 heterocycles. The lowest BCUT2D eigenvalue weighted by Gasteiger charge is -2.26. The Morgan fingerprint density at radius 1 is 1.00 bits per heavy atom. The van der Waals surface area contributed by atoms with E-state index in [-0.39, 0.29) is 4.90 Å². The predicted octanol–water partition coefficient (Wildman–Crippen LogP) is 4.51. The van der Waals surface area contributed by atoms with Crippen molar-refractivity contribution in [3.8, 4) is 11.3 Å². The van der Waals surface area contributed by atoms with E-state index in [0.717, 1.165) is 21.4 Å². The van der Waals surface area contributed by atoms with Gasteiger partial charge in [0, 0.05) is 34.7 Å². The first kappa shape index (κ1) is 24.7. The van der Waals surface area contributed by atoms with E-state index in [4.69, 9.17) is 9.73 Å². The number of pyridine rings is 1. The maximum atomic E-state index is 12.9. The molecule has 8 nitrogen and oxygen atoms in total. The van der Waals surface area contributed by atoms with E-state index in [0.29, 0.717) is 36.8 Å². The van der Waals surface area contributed by atoms with Gasteiger partial charge in [-0.05, 0) is 42.5 Å². The van der Waals surface area contributed by atoms with E-state index in [9.17, 15) is 8.42 Å². The van der Waals surface area contributed by atoms with Gasteiger partial charge >= 0.3 is 0 Å². The normalized spacial score (nSPS) is 15.5. The number of thiazole rings is 1. The first-order chi connectivity index (χ1) is 17.5. The average molecular weight is 585 g/mol. The molecule has 2 aromatic carbocycles. The first-order valence-corrected chi connectivity index (χ1v) is 14.3. The number of morpholine rings is 1. The van der Waals surface area contributed by atoms with Crippen LogP contribution in [0.4, 0.5) is 5.69 Å². The zero-order chi connectivity index (χ0) is 25.0. The standard InChI is InChI=1S/C25H22BrN5O3S2/c26-23-7-2-1-6-22(23)24-18-35-25(31(24)28-17-20-5-3-4-12-27-20)29-19-8-10-21(11-9-19)36(32,33)30-13-15-34-16-14-30/h1-12,17-18H,13-16H2. The van der Waals surface area contributed by atoms with Crippen LogP contribution in [0.15, 0.2) is 97.8 Å². The Labute approximate surface area is 221 Å². The highest BCUT2D eigenvalue weighted by Gasteiger charge is 2.26. The molecule has 0 bridgehead atoms. The van der Waals surface area contributed by atoms with Gasteiger partial charge in [-0.1, -0.05) is 40.2 Å². The van der Waals surface area contributed by atoms with Crippen LogP contribution in [0.1, 0.15) is 5.69 Å². The van der Waals surface area contributed by atoms with E-state index in [1.165, 1.54) is 15.6 Å². The lowest BCUT2D eigenvalue weighted by atomic mass is 10.2. The third kappa shape index (κ3) is 5.40. The van der Waals surface area contributed by atoms with Crippen LogP contribution in [-0.2, 0) is 14.8 Å². The molecule has 5 rings (SSSR count). The number of sulfonamides is 1. The smallest absolute Gasteiger partial charge is 0.243 e. The highest BCUT2D eigenvalue weighted by atomic mass is 79.9. The number of hydrogen-bond acceptors (Lipinski definition) is 7. The number of halogens is 1. The lowest BCUT2D eigenvalue weighted by Crippen LogP contribution is -2.40. The number of nitrogens with zero attached hydrogens (tertiary/aromatic N) is 5. The molecule has 0 saturated carbocycles. The molecular weight excluding hydrogens is 562 g/mol. The van der Waals surface area contributed by atoms with E-state index < -0.39 is 10.0 Å². The van der Waals surface area contributed by atoms with Gasteiger partial charge in [-0.15, -0.1) is 11.3 Å². The van der Waals surface area contributed by atoms with Gasteiger partial charge in [0.05, 0.1) is 41.4 Å². The maximum Gasteiger partial charge on any atom is 0.243 e. The summed E-state index contributed by atoms with van der Waals surface area (Å²) in [5, 5.41) is 6.67. The van der Waals surface area contributed by atoms with Crippen molar-refractivity contribution in [1.29, 1.82) is 0 Å². The quantitative estimate of drug-likeness (QED) is 0.312. The number of ether oxygens (including phenoxy) is 1. The SMILES string of the molecule is O=S(=O)(c1ccc(N=c2scc(-c3ccccc3Br)n2N=Cc2ccccn2)cc1)N1CCOCC1. The Morgan fingerprint density at radius 2 is 1.75 bits per heavy atom. The number of rotatable bonds is 6. The Balaban J connectivity index is 1.53. The van der Waals surface area contributed by atoms with Crippen molar-refractivity contribution in [2.24, 2.45) is 10.1 Å². The van der Waals surface area contributed by atoms with Gasteiger partial charge < -0.3 is 4.74 Å². The van der Waals surface area contributed by atoms with E-state index in [1.54, 1.807) is 41.4 Å². The molecule has 0 atom stereocenters. The summed E-state index contributed by atoms with van der Waals surface area (Å²) in [7, 11) is -3.56. The van der Waals surface area contributed by atoms with Crippen molar-refractivity contribution in [2.75, 3.05) is 26.3 Å². The molecule has 0 spiro atoms. The molecule has 0 N–H and O–H groups in total. The van der Waals surface area contributed by atoms with Gasteiger partial charge in [0.25, 0.3) is 0 Å². The minimum absolute atomic E-state index is 0.240. The van der Waals surface area contributed by atoms with Crippen molar-refractivity contribution in [2.45, 2.75) is 4.90 Å². The van der Waals surface area contributed by atoms with Gasteiger partial charge in [-0.3, -0.25) is 4.98 Å². The Hall–Kier alpha value is -2.96. The van der Waals surface area contributed by atoms with Crippen LogP contribution in [-0.4, -0.2) is 54.9 Å². The second-order valence-corrected chi connectivity index (χ2v) is 11.4. The van der Waals surface area contributed by atoms with Crippen LogP contribution in [0.3, 0.4) is 0 Å². The molecule has 1 fully saturated rings. The molecule has 184 valence electrons. The zero-order valence-corrected chi connectivity index (χ0v) is 22.3. The molecule has 1 aliphatic heterocycles. The van der Waals surface area contributed by atoms with Gasteiger partial charge in [-0.25, -0.2) is 18.1 Å². The summed E-state index contributed by atoms with van der Waals surface area (Å²) in [6, 6.07) is 20.1. The largest absolute Gasteiger partial charge is 0.379 e. The number of aromatic nitrogens is 2. The second-order valence-electron chi connectivity index (χ2n) is 7.82. The van der Waals surface area contributed by atoms with Crippen LogP contribution >= 0.6 is 27.3 Å². The van der Waals surface area contributed by atoms with Gasteiger partial charge in [0.1, 0.15) is 0 Å². The van der Waals surface area contributed by atoms with Crippen LogP contribution < -0.4 is 4.80 Å². The molecule has 0 aliphatic carbocycles. The van der Waals surface area contributed by atoms with Crippen LogP contribution in [0.5, 0.6) is 0 Å². The first-order valence-electron chi connectivity index (χ1n) is 11.2. The summed E-state index contributed by atoms with van der Waals surface area (Å²) >= 11 is 5.07. The Kier molecular flexibility index (Phi) is 7.54. The van der Waals surface area contributed by atoms with E-state index in [2.05, 4.69) is 26.0 Å². The molecule has 4 aromatic rings. The zero-order valence-electron chi connectivity index (χ0n) is 19.1. The van der Waals surface area contributed by atoms with E-state index >= 15 is 0 Å². The minimum atomic E-state index is -3.56. The molecule has 1 saturated heterocycles. The number of benzene rings is 2. The molecular formula is C25H22BrN5O3S2. The molecule has 0 radical (unpaired) electrons. The van der Waals surface area contributed by atoms with Crippen molar-refractivity contribution in [1.82, 2.24) is 14.0 Å². The van der Waals surface area contributed by atoms with Crippen molar-refractivity contribution >= 4 is 49.2 Å². The summed E-state index contributed by atoms with van der Waals surface area (Å²) in [5.74, 6) is 0. The second kappa shape index (κ2) is 11.0. The fraction of sp³-hybridized carbons (Fsp3) is 0.160. The molecule has 2 aromatic heterocycles. The molecule has 11 heteroatoms. The van der Waals surface area contributed by atoms with Crippen LogP contribution in [0.25, 0.3) is 11.3 Å². The Bertz CT molecular complexity index is 1540. The number of hydrogen-bond donors (Lipinski definition) is 0. The summed E-state index contributed by atoms with van der Waals surface area (Å²) < 4.78 is 35.3. The van der Waals surface area contributed by atoms with Crippen LogP contribution in [0, 0.1) is 0 Å². The molecule has 36 heavy (non-hydrogen) atoms. The van der Waals surface area contributed by atoms with Crippen molar-refractivity contribution in [3.63, 3.8) is 0 Å². The summed E-state index contributed by atoms with van der Waals surface area (Å²) in [6.07, 6.45) is 3.40. The molecule has 0 amide bonds. The summed E-state index contributed by atoms with van der Waals surface area (Å²) in [6.45, 7) is 1.53. The summed E-state index contributed by atoms with van der Waals surface area (Å²) in [5.41, 5.74) is 3.18. The fourth-order valence-corrected chi connectivity index (χ4v) is 6.39. The van der Waals surface area contributed by atoms with Crippen molar-refractivity contribution < 1.29 is 13.2 Å². The van der Waals surface area contributed by atoms with E-state index in [1.807, 2.05) is 47.8 Å². The third-order valence-electron chi connectivity index (χ3n) is 5.50. The lowest BCUT2D eigenvalue weighted by molar-refractivity contribution is 0.0730. The highest BCUT2D eigenvalue weighted by molar-refractivity contribution is 9.10. The third-order valence-corrected chi connectivity index (χ3v) is 8.92. The summed E-state index contributed by atoms with van der Waals surface area (Å²) in [4.78, 5) is 9.96. The minimum Gasteiger partial charge on any atom is -0.379 e. The fourth-order valence-electron chi connectivity index (χ4n) is 3.65. The monoisotopic (exact) mass is 583 g/mol. The Morgan fingerprint density at radius 3 is 2.47 bits per heavy atom. The van der Waals surface area contributed by atoms with Gasteiger partial charge in [0.2, 0.25) is 14.8 Å². The topological polar surface area (TPSA) is 89.2 Å². The van der Waals surface area contributed by atoms with Crippen LogP contribution in [0.2, 0.25) is 0 Å². The highest BCUT2D eigenvalue weighted by Crippen LogP contribution is 2.29.